The Hall–Kier alpha value is -1.55. The summed E-state index contributed by atoms with van der Waals surface area (Å²) in [5, 5.41) is 3.46. The van der Waals surface area contributed by atoms with Gasteiger partial charge in [0.15, 0.2) is 0 Å². The van der Waals surface area contributed by atoms with Gasteiger partial charge in [-0.15, -0.1) is 0 Å². The molecule has 1 aromatic rings. The summed E-state index contributed by atoms with van der Waals surface area (Å²) in [6.07, 6.45) is 3.64. The van der Waals surface area contributed by atoms with Gasteiger partial charge in [0.25, 0.3) is 0 Å². The summed E-state index contributed by atoms with van der Waals surface area (Å²) in [5.74, 6) is -0.273. The third-order valence-electron chi connectivity index (χ3n) is 4.72. The highest BCUT2D eigenvalue weighted by Crippen LogP contribution is 2.32. The lowest BCUT2D eigenvalue weighted by molar-refractivity contribution is -0.131. The van der Waals surface area contributed by atoms with Crippen LogP contribution in [0.1, 0.15) is 36.8 Å². The zero-order chi connectivity index (χ0) is 15.9. The summed E-state index contributed by atoms with van der Waals surface area (Å²) in [6.45, 7) is 4.43. The second-order valence-electron chi connectivity index (χ2n) is 6.46. The van der Waals surface area contributed by atoms with E-state index in [4.69, 9.17) is 11.6 Å². The first-order valence-electron chi connectivity index (χ1n) is 7.83. The van der Waals surface area contributed by atoms with Crippen molar-refractivity contribution in [3.8, 4) is 0 Å². The van der Waals surface area contributed by atoms with E-state index in [1.165, 1.54) is 6.42 Å². The van der Waals surface area contributed by atoms with Crippen molar-refractivity contribution in [3.05, 3.63) is 28.3 Å². The molecule has 3 rings (SSSR count). The summed E-state index contributed by atoms with van der Waals surface area (Å²) in [5.41, 5.74) is 2.66. The number of rotatable bonds is 3. The Morgan fingerprint density at radius 2 is 2.05 bits per heavy atom. The number of anilines is 1. The van der Waals surface area contributed by atoms with E-state index in [0.29, 0.717) is 29.7 Å². The summed E-state index contributed by atoms with van der Waals surface area (Å²) >= 11 is 6.23. The van der Waals surface area contributed by atoms with Crippen molar-refractivity contribution < 1.29 is 9.59 Å². The lowest BCUT2D eigenvalue weighted by Gasteiger charge is -2.34. The van der Waals surface area contributed by atoms with Crippen LogP contribution in [0, 0.1) is 19.8 Å². The van der Waals surface area contributed by atoms with E-state index in [9.17, 15) is 9.59 Å². The Morgan fingerprint density at radius 3 is 2.64 bits per heavy atom. The number of halogens is 1. The summed E-state index contributed by atoms with van der Waals surface area (Å²) in [7, 11) is 0. The van der Waals surface area contributed by atoms with Crippen molar-refractivity contribution in [2.75, 3.05) is 11.9 Å². The summed E-state index contributed by atoms with van der Waals surface area (Å²) in [4.78, 5) is 26.4. The highest BCUT2D eigenvalue weighted by molar-refractivity contribution is 6.34. The monoisotopic (exact) mass is 320 g/mol. The van der Waals surface area contributed by atoms with E-state index in [-0.39, 0.29) is 17.7 Å². The number of hydrogen-bond acceptors (Lipinski definition) is 2. The molecule has 1 aliphatic heterocycles. The number of hydrogen-bond donors (Lipinski definition) is 1. The number of nitrogens with zero attached hydrogens (tertiary/aromatic N) is 1. The lowest BCUT2D eigenvalue weighted by atomic mass is 9.92. The van der Waals surface area contributed by atoms with Gasteiger partial charge in [0, 0.05) is 19.0 Å². The zero-order valence-corrected chi connectivity index (χ0v) is 13.7. The van der Waals surface area contributed by atoms with Gasteiger partial charge in [-0.05, 0) is 50.3 Å². The standard InChI is InChI=1S/C17H21ClN2O2/c1-10-6-11(2)16(14(18)7-10)19-17(22)12-8-15(21)20(9-12)13-4-3-5-13/h6-7,12-13H,3-5,8-9H2,1-2H3,(H,19,22). The molecule has 1 saturated heterocycles. The second kappa shape index (κ2) is 5.92. The van der Waals surface area contributed by atoms with Crippen molar-refractivity contribution in [3.63, 3.8) is 0 Å². The number of nitrogens with one attached hydrogen (secondary N) is 1. The maximum absolute atomic E-state index is 12.5. The highest BCUT2D eigenvalue weighted by Gasteiger charge is 2.39. The fraction of sp³-hybridized carbons (Fsp3) is 0.529. The fourth-order valence-corrected chi connectivity index (χ4v) is 3.63. The number of amides is 2. The lowest BCUT2D eigenvalue weighted by Crippen LogP contribution is -2.41. The van der Waals surface area contributed by atoms with Crippen LogP contribution < -0.4 is 5.32 Å². The number of aryl methyl sites for hydroxylation is 2. The van der Waals surface area contributed by atoms with Crippen LogP contribution in [0.2, 0.25) is 5.02 Å². The molecule has 0 radical (unpaired) electrons. The number of carbonyl (C=O) groups is 2. The molecular weight excluding hydrogens is 300 g/mol. The molecule has 0 spiro atoms. The minimum Gasteiger partial charge on any atom is -0.339 e. The zero-order valence-electron chi connectivity index (χ0n) is 13.0. The van der Waals surface area contributed by atoms with E-state index in [1.54, 1.807) is 0 Å². The molecular formula is C17H21ClN2O2. The molecule has 4 nitrogen and oxygen atoms in total. The van der Waals surface area contributed by atoms with Gasteiger partial charge >= 0.3 is 0 Å². The molecule has 1 N–H and O–H groups in total. The van der Waals surface area contributed by atoms with Crippen molar-refractivity contribution >= 4 is 29.1 Å². The largest absolute Gasteiger partial charge is 0.339 e. The number of benzene rings is 1. The first kappa shape index (κ1) is 15.3. The highest BCUT2D eigenvalue weighted by atomic mass is 35.5. The Labute approximate surface area is 135 Å². The Balaban J connectivity index is 1.69. The van der Waals surface area contributed by atoms with E-state index in [2.05, 4.69) is 5.32 Å². The maximum atomic E-state index is 12.5. The molecule has 0 aromatic heterocycles. The molecule has 1 unspecified atom stereocenters. The first-order chi connectivity index (χ1) is 10.5. The van der Waals surface area contributed by atoms with Crippen LogP contribution in [0.5, 0.6) is 0 Å². The number of carbonyl (C=O) groups excluding carboxylic acids is 2. The van der Waals surface area contributed by atoms with Crippen LogP contribution in [0.25, 0.3) is 0 Å². The van der Waals surface area contributed by atoms with Crippen LogP contribution >= 0.6 is 11.6 Å². The minimum absolute atomic E-state index is 0.107. The maximum Gasteiger partial charge on any atom is 0.229 e. The Morgan fingerprint density at radius 1 is 1.32 bits per heavy atom. The van der Waals surface area contributed by atoms with Gasteiger partial charge in [-0.1, -0.05) is 17.7 Å². The van der Waals surface area contributed by atoms with E-state index < -0.39 is 0 Å². The molecule has 118 valence electrons. The van der Waals surface area contributed by atoms with Crippen LogP contribution in [0.4, 0.5) is 5.69 Å². The molecule has 2 amide bonds. The summed E-state index contributed by atoms with van der Waals surface area (Å²) < 4.78 is 0. The van der Waals surface area contributed by atoms with Crippen molar-refractivity contribution in [1.29, 1.82) is 0 Å². The first-order valence-corrected chi connectivity index (χ1v) is 8.20. The molecule has 22 heavy (non-hydrogen) atoms. The normalized spacial score (nSPS) is 21.9. The van der Waals surface area contributed by atoms with Gasteiger partial charge in [-0.2, -0.15) is 0 Å². The van der Waals surface area contributed by atoms with Gasteiger partial charge in [0.05, 0.1) is 16.6 Å². The molecule has 1 atom stereocenters. The van der Waals surface area contributed by atoms with Gasteiger partial charge < -0.3 is 10.2 Å². The van der Waals surface area contributed by atoms with Crippen molar-refractivity contribution in [2.45, 2.75) is 45.6 Å². The molecule has 2 fully saturated rings. The molecule has 0 bridgehead atoms. The average Bonchev–Trinajstić information content (AvgIpc) is 2.74. The third-order valence-corrected chi connectivity index (χ3v) is 5.02. The van der Waals surface area contributed by atoms with Gasteiger partial charge in [0.2, 0.25) is 11.8 Å². The van der Waals surface area contributed by atoms with Crippen LogP contribution in [-0.2, 0) is 9.59 Å². The second-order valence-corrected chi connectivity index (χ2v) is 6.87. The fourth-order valence-electron chi connectivity index (χ4n) is 3.26. The molecule has 5 heteroatoms. The van der Waals surface area contributed by atoms with E-state index >= 15 is 0 Å². The molecule has 1 aromatic carbocycles. The average molecular weight is 321 g/mol. The van der Waals surface area contributed by atoms with Gasteiger partial charge in [-0.25, -0.2) is 0 Å². The van der Waals surface area contributed by atoms with Crippen LogP contribution in [-0.4, -0.2) is 29.3 Å². The molecule has 1 saturated carbocycles. The predicted octanol–water partition coefficient (Wildman–Crippen LogP) is 3.30. The van der Waals surface area contributed by atoms with Gasteiger partial charge in [-0.3, -0.25) is 9.59 Å². The summed E-state index contributed by atoms with van der Waals surface area (Å²) in [6, 6.07) is 4.18. The third kappa shape index (κ3) is 2.84. The van der Waals surface area contributed by atoms with Crippen molar-refractivity contribution in [2.24, 2.45) is 5.92 Å². The SMILES string of the molecule is Cc1cc(C)c(NC(=O)C2CC(=O)N(C3CCC3)C2)c(Cl)c1. The van der Waals surface area contributed by atoms with Crippen molar-refractivity contribution in [1.82, 2.24) is 4.90 Å². The van der Waals surface area contributed by atoms with E-state index in [1.807, 2.05) is 30.9 Å². The van der Waals surface area contributed by atoms with Crippen LogP contribution in [0.15, 0.2) is 12.1 Å². The minimum atomic E-state index is -0.273. The topological polar surface area (TPSA) is 49.4 Å². The number of likely N-dealkylation sites (tertiary alicyclic amines) is 1. The van der Waals surface area contributed by atoms with Crippen LogP contribution in [0.3, 0.4) is 0 Å². The smallest absolute Gasteiger partial charge is 0.229 e. The van der Waals surface area contributed by atoms with E-state index in [0.717, 1.165) is 24.0 Å². The predicted molar refractivity (Wildman–Crippen MR) is 87.0 cm³/mol. The molecule has 1 heterocycles. The molecule has 2 aliphatic rings. The molecule has 1 aliphatic carbocycles. The Kier molecular flexibility index (Phi) is 4.13. The Bertz CT molecular complexity index is 602. The quantitative estimate of drug-likeness (QED) is 0.929. The van der Waals surface area contributed by atoms with Gasteiger partial charge in [0.1, 0.15) is 0 Å².